The number of hydrogen-bond acceptors (Lipinski definition) is 3. The SMILES string of the molecule is Cc1ccc2c(c1)NC(=O)/C2=C/N1CCN(c2ccccc2)CC1. The first kappa shape index (κ1) is 14.8. The zero-order chi connectivity index (χ0) is 16.5. The van der Waals surface area contributed by atoms with Crippen LogP contribution < -0.4 is 10.2 Å². The predicted octanol–water partition coefficient (Wildman–Crippen LogP) is 3.11. The van der Waals surface area contributed by atoms with E-state index in [0.717, 1.165) is 48.6 Å². The van der Waals surface area contributed by atoms with Crippen LogP contribution >= 0.6 is 0 Å². The third-order valence-electron chi connectivity index (χ3n) is 4.71. The molecule has 0 saturated carbocycles. The van der Waals surface area contributed by atoms with Crippen LogP contribution in [0.25, 0.3) is 5.57 Å². The number of nitrogens with zero attached hydrogens (tertiary/aromatic N) is 2. The summed E-state index contributed by atoms with van der Waals surface area (Å²) in [5, 5.41) is 2.97. The van der Waals surface area contributed by atoms with Crippen molar-refractivity contribution in [3.8, 4) is 0 Å². The largest absolute Gasteiger partial charge is 0.373 e. The highest BCUT2D eigenvalue weighted by molar-refractivity contribution is 6.31. The van der Waals surface area contributed by atoms with Crippen molar-refractivity contribution < 1.29 is 4.79 Å². The van der Waals surface area contributed by atoms with Crippen molar-refractivity contribution in [1.29, 1.82) is 0 Å². The number of carbonyl (C=O) groups excluding carboxylic acids is 1. The lowest BCUT2D eigenvalue weighted by Crippen LogP contribution is -2.44. The molecule has 2 heterocycles. The third-order valence-corrected chi connectivity index (χ3v) is 4.71. The molecule has 1 fully saturated rings. The van der Waals surface area contributed by atoms with E-state index < -0.39 is 0 Å². The fourth-order valence-electron chi connectivity index (χ4n) is 3.37. The van der Waals surface area contributed by atoms with Crippen molar-refractivity contribution in [3.05, 3.63) is 65.9 Å². The maximum Gasteiger partial charge on any atom is 0.257 e. The minimum absolute atomic E-state index is 0.00101. The molecule has 1 amide bonds. The van der Waals surface area contributed by atoms with Gasteiger partial charge in [0.25, 0.3) is 5.91 Å². The molecule has 4 heteroatoms. The summed E-state index contributed by atoms with van der Waals surface area (Å²) in [5.74, 6) is 0.00101. The minimum Gasteiger partial charge on any atom is -0.373 e. The Morgan fingerprint density at radius 1 is 1.00 bits per heavy atom. The van der Waals surface area contributed by atoms with E-state index in [1.807, 2.05) is 31.3 Å². The second kappa shape index (κ2) is 6.04. The molecule has 0 atom stereocenters. The molecule has 2 aliphatic heterocycles. The Bertz CT molecular complexity index is 790. The third kappa shape index (κ3) is 2.75. The average molecular weight is 319 g/mol. The topological polar surface area (TPSA) is 35.6 Å². The van der Waals surface area contributed by atoms with E-state index in [0.29, 0.717) is 0 Å². The number of aryl methyl sites for hydroxylation is 1. The molecule has 0 aromatic heterocycles. The van der Waals surface area contributed by atoms with E-state index in [-0.39, 0.29) is 5.91 Å². The molecule has 0 radical (unpaired) electrons. The van der Waals surface area contributed by atoms with E-state index in [9.17, 15) is 4.79 Å². The van der Waals surface area contributed by atoms with Crippen molar-refractivity contribution in [1.82, 2.24) is 4.90 Å². The number of anilines is 2. The van der Waals surface area contributed by atoms with Crippen LogP contribution in [0.2, 0.25) is 0 Å². The smallest absolute Gasteiger partial charge is 0.257 e. The van der Waals surface area contributed by atoms with Gasteiger partial charge in [-0.2, -0.15) is 0 Å². The van der Waals surface area contributed by atoms with E-state index in [1.54, 1.807) is 0 Å². The molecule has 24 heavy (non-hydrogen) atoms. The van der Waals surface area contributed by atoms with E-state index in [4.69, 9.17) is 0 Å². The minimum atomic E-state index is 0.00101. The molecule has 0 bridgehead atoms. The molecular formula is C20H21N3O. The monoisotopic (exact) mass is 319 g/mol. The summed E-state index contributed by atoms with van der Waals surface area (Å²) in [6.45, 7) is 5.82. The quantitative estimate of drug-likeness (QED) is 0.864. The molecule has 1 N–H and O–H groups in total. The Balaban J connectivity index is 1.49. The van der Waals surface area contributed by atoms with Crippen LogP contribution in [0.4, 0.5) is 11.4 Å². The van der Waals surface area contributed by atoms with Crippen molar-refractivity contribution in [2.45, 2.75) is 6.92 Å². The fourth-order valence-corrected chi connectivity index (χ4v) is 3.37. The van der Waals surface area contributed by atoms with Gasteiger partial charge in [-0.3, -0.25) is 4.79 Å². The highest BCUT2D eigenvalue weighted by Crippen LogP contribution is 2.32. The number of fused-ring (bicyclic) bond motifs is 1. The average Bonchev–Trinajstić information content (AvgIpc) is 2.91. The molecule has 2 aromatic carbocycles. The van der Waals surface area contributed by atoms with Gasteiger partial charge in [-0.05, 0) is 30.7 Å². The van der Waals surface area contributed by atoms with Crippen molar-refractivity contribution in [2.75, 3.05) is 36.4 Å². The maximum absolute atomic E-state index is 12.3. The van der Waals surface area contributed by atoms with Crippen molar-refractivity contribution in [2.24, 2.45) is 0 Å². The molecule has 0 unspecified atom stereocenters. The van der Waals surface area contributed by atoms with Crippen LogP contribution in [-0.2, 0) is 4.79 Å². The van der Waals surface area contributed by atoms with Gasteiger partial charge in [0, 0.05) is 49.3 Å². The summed E-state index contributed by atoms with van der Waals surface area (Å²) >= 11 is 0. The van der Waals surface area contributed by atoms with Gasteiger partial charge in [0.05, 0.1) is 5.57 Å². The van der Waals surface area contributed by atoms with Crippen molar-refractivity contribution >= 4 is 22.9 Å². The van der Waals surface area contributed by atoms with E-state index >= 15 is 0 Å². The Hall–Kier alpha value is -2.75. The van der Waals surface area contributed by atoms with Crippen LogP contribution in [0, 0.1) is 6.92 Å². The van der Waals surface area contributed by atoms with Gasteiger partial charge in [-0.1, -0.05) is 30.3 Å². The zero-order valence-corrected chi connectivity index (χ0v) is 13.8. The lowest BCUT2D eigenvalue weighted by molar-refractivity contribution is -0.110. The molecule has 0 spiro atoms. The van der Waals surface area contributed by atoms with Gasteiger partial charge in [-0.25, -0.2) is 0 Å². The van der Waals surface area contributed by atoms with Gasteiger partial charge in [0.1, 0.15) is 0 Å². The van der Waals surface area contributed by atoms with E-state index in [1.165, 1.54) is 5.69 Å². The van der Waals surface area contributed by atoms with Gasteiger partial charge in [0.15, 0.2) is 0 Å². The number of piperazine rings is 1. The van der Waals surface area contributed by atoms with Crippen LogP contribution in [0.1, 0.15) is 11.1 Å². The second-order valence-corrected chi connectivity index (χ2v) is 6.40. The van der Waals surface area contributed by atoms with Crippen LogP contribution in [-0.4, -0.2) is 37.0 Å². The summed E-state index contributed by atoms with van der Waals surface area (Å²) in [6.07, 6.45) is 2.03. The first-order chi connectivity index (χ1) is 11.7. The molecule has 2 aliphatic rings. The molecule has 4 nitrogen and oxygen atoms in total. The Morgan fingerprint density at radius 3 is 2.50 bits per heavy atom. The number of hydrogen-bond donors (Lipinski definition) is 1. The fraction of sp³-hybridized carbons (Fsp3) is 0.250. The normalized spacial score (nSPS) is 18.7. The Morgan fingerprint density at radius 2 is 1.75 bits per heavy atom. The summed E-state index contributed by atoms with van der Waals surface area (Å²) < 4.78 is 0. The number of nitrogens with one attached hydrogen (secondary N) is 1. The lowest BCUT2D eigenvalue weighted by Gasteiger charge is -2.35. The summed E-state index contributed by atoms with van der Waals surface area (Å²) in [7, 11) is 0. The summed E-state index contributed by atoms with van der Waals surface area (Å²) in [4.78, 5) is 16.9. The zero-order valence-electron chi connectivity index (χ0n) is 13.8. The maximum atomic E-state index is 12.3. The van der Waals surface area contributed by atoms with Gasteiger partial charge < -0.3 is 15.1 Å². The first-order valence-electron chi connectivity index (χ1n) is 8.39. The number of rotatable bonds is 2. The summed E-state index contributed by atoms with van der Waals surface area (Å²) in [6, 6.07) is 16.6. The van der Waals surface area contributed by atoms with Crippen molar-refractivity contribution in [3.63, 3.8) is 0 Å². The number of benzene rings is 2. The second-order valence-electron chi connectivity index (χ2n) is 6.40. The lowest BCUT2D eigenvalue weighted by atomic mass is 10.1. The number of carbonyl (C=O) groups is 1. The van der Waals surface area contributed by atoms with Gasteiger partial charge >= 0.3 is 0 Å². The molecule has 122 valence electrons. The van der Waals surface area contributed by atoms with E-state index in [2.05, 4.69) is 45.4 Å². The predicted molar refractivity (Wildman–Crippen MR) is 98.0 cm³/mol. The number of amides is 1. The molecule has 2 aromatic rings. The standard InChI is InChI=1S/C20H21N3O/c1-15-7-8-17-18(20(24)21-19(17)13-15)14-22-9-11-23(12-10-22)16-5-3-2-4-6-16/h2-8,13-14H,9-12H2,1H3,(H,21,24)/b18-14+. The van der Waals surface area contributed by atoms with Crippen LogP contribution in [0.15, 0.2) is 54.7 Å². The molecule has 4 rings (SSSR count). The van der Waals surface area contributed by atoms with Crippen LogP contribution in [0.5, 0.6) is 0 Å². The Labute approximate surface area is 142 Å². The molecule has 0 aliphatic carbocycles. The Kier molecular flexibility index (Phi) is 3.73. The summed E-state index contributed by atoms with van der Waals surface area (Å²) in [5.41, 5.74) is 5.14. The number of para-hydroxylation sites is 1. The van der Waals surface area contributed by atoms with Gasteiger partial charge in [0.2, 0.25) is 0 Å². The molecule has 1 saturated heterocycles. The highest BCUT2D eigenvalue weighted by atomic mass is 16.2. The van der Waals surface area contributed by atoms with Crippen LogP contribution in [0.3, 0.4) is 0 Å². The highest BCUT2D eigenvalue weighted by Gasteiger charge is 2.25. The first-order valence-corrected chi connectivity index (χ1v) is 8.39. The van der Waals surface area contributed by atoms with Gasteiger partial charge in [-0.15, -0.1) is 0 Å². The molecular weight excluding hydrogens is 298 g/mol.